The van der Waals surface area contributed by atoms with Gasteiger partial charge in [0.15, 0.2) is 12.2 Å². The maximum absolute atomic E-state index is 13.0. The molecule has 92 heavy (non-hydrogen) atoms. The highest BCUT2D eigenvalue weighted by molar-refractivity contribution is 7.47. The number of esters is 4. The van der Waals surface area contributed by atoms with Gasteiger partial charge in [-0.3, -0.25) is 37.3 Å². The van der Waals surface area contributed by atoms with Gasteiger partial charge in [0.1, 0.15) is 19.3 Å². The molecule has 0 radical (unpaired) electrons. The lowest BCUT2D eigenvalue weighted by atomic mass is 10.0. The fraction of sp³-hybridized carbons (Fsp3) is 0.808. The SMILES string of the molecule is CC/C=C\C/C=C\C/C=C\C/C=C\C/C=C\CC(=O)OCC(COP(=O)(O)OCC(O)COP(=O)(O)OCC(COC(=O)CCCCCCCCCCCCC)OC(=O)CCCCCCCCCCCCC)OC(=O)CCCCCCCCCCCCCCCCC. The summed E-state index contributed by atoms with van der Waals surface area (Å²) in [7, 11) is -9.94. The monoisotopic (exact) mass is 1340 g/mol. The Labute approximate surface area is 559 Å². The van der Waals surface area contributed by atoms with Crippen molar-refractivity contribution in [3.05, 3.63) is 60.8 Å². The van der Waals surface area contributed by atoms with Crippen molar-refractivity contribution in [1.29, 1.82) is 0 Å². The van der Waals surface area contributed by atoms with E-state index in [0.717, 1.165) is 96.3 Å². The van der Waals surface area contributed by atoms with Gasteiger partial charge in [-0.15, -0.1) is 0 Å². The Bertz CT molecular complexity index is 1990. The van der Waals surface area contributed by atoms with Crippen molar-refractivity contribution >= 4 is 39.5 Å². The van der Waals surface area contributed by atoms with Crippen LogP contribution in [-0.4, -0.2) is 96.7 Å². The molecule has 0 saturated carbocycles. The molecule has 0 spiro atoms. The lowest BCUT2D eigenvalue weighted by molar-refractivity contribution is -0.161. The topological polar surface area (TPSA) is 237 Å². The largest absolute Gasteiger partial charge is 0.472 e. The fourth-order valence-electron chi connectivity index (χ4n) is 10.0. The highest BCUT2D eigenvalue weighted by Crippen LogP contribution is 2.45. The van der Waals surface area contributed by atoms with Gasteiger partial charge in [-0.2, -0.15) is 0 Å². The van der Waals surface area contributed by atoms with E-state index in [2.05, 4.69) is 64.2 Å². The number of ether oxygens (including phenoxy) is 4. The number of hydrogen-bond acceptors (Lipinski definition) is 15. The molecular weight excluding hydrogens is 1210 g/mol. The normalized spacial score (nSPS) is 14.4. The van der Waals surface area contributed by atoms with Gasteiger partial charge in [0.25, 0.3) is 0 Å². The number of aliphatic hydroxyl groups excluding tert-OH is 1. The lowest BCUT2D eigenvalue weighted by Gasteiger charge is -2.21. The van der Waals surface area contributed by atoms with Crippen LogP contribution < -0.4 is 0 Å². The number of carbonyl (C=O) groups excluding carboxylic acids is 4. The summed E-state index contributed by atoms with van der Waals surface area (Å²) in [6.07, 6.45) is 62.6. The van der Waals surface area contributed by atoms with E-state index >= 15 is 0 Å². The third kappa shape index (κ3) is 65.4. The lowest BCUT2D eigenvalue weighted by Crippen LogP contribution is -2.30. The van der Waals surface area contributed by atoms with Crippen LogP contribution >= 0.6 is 15.6 Å². The minimum atomic E-state index is -4.98. The van der Waals surface area contributed by atoms with Crippen LogP contribution in [0.15, 0.2) is 60.8 Å². The summed E-state index contributed by atoms with van der Waals surface area (Å²) in [5.74, 6) is -2.29. The van der Waals surface area contributed by atoms with Crippen molar-refractivity contribution in [2.45, 2.75) is 341 Å². The minimum absolute atomic E-state index is 0.0654. The van der Waals surface area contributed by atoms with Crippen LogP contribution in [0.1, 0.15) is 323 Å². The van der Waals surface area contributed by atoms with Gasteiger partial charge < -0.3 is 33.8 Å². The van der Waals surface area contributed by atoms with Gasteiger partial charge >= 0.3 is 39.5 Å². The molecule has 0 bridgehead atoms. The van der Waals surface area contributed by atoms with E-state index in [-0.39, 0.29) is 25.7 Å². The van der Waals surface area contributed by atoms with E-state index in [9.17, 15) is 43.2 Å². The first-order valence-electron chi connectivity index (χ1n) is 36.5. The molecule has 19 heteroatoms. The molecule has 0 aromatic carbocycles. The number of rotatable bonds is 69. The second-order valence-corrected chi connectivity index (χ2v) is 27.5. The maximum Gasteiger partial charge on any atom is 0.472 e. The number of allylic oxidation sites excluding steroid dienone is 9. The highest BCUT2D eigenvalue weighted by atomic mass is 31.2. The summed E-state index contributed by atoms with van der Waals surface area (Å²) in [6, 6.07) is 0. The molecule has 0 aromatic rings. The highest BCUT2D eigenvalue weighted by Gasteiger charge is 2.30. The molecule has 0 aliphatic rings. The Hall–Kier alpha value is -3.24. The minimum Gasteiger partial charge on any atom is -0.462 e. The predicted molar refractivity (Wildman–Crippen MR) is 372 cm³/mol. The Balaban J connectivity index is 5.35. The second kappa shape index (κ2) is 66.4. The average Bonchev–Trinajstić information content (AvgIpc) is 2.93. The number of hydrogen-bond donors (Lipinski definition) is 3. The standard InChI is InChI=1S/C73H132O17P2/c1-5-9-13-17-21-25-29-31-33-35-39-42-46-50-54-58-71(76)84-64-69(90-73(78)60-56-52-48-44-40-36-34-32-30-26-22-18-14-10-6-2)66-88-92(81,82)86-62-67(74)61-85-91(79,80)87-65-68(89-72(77)59-55-51-47-43-38-28-24-20-16-12-8-4)63-83-70(75)57-53-49-45-41-37-27-23-19-15-11-7-3/h9,13,21,25,31,33,39,42,50,54,67-69,74H,5-8,10-12,14-20,22-24,26-30,32,34-38,40-41,43-49,51-53,55-66H2,1-4H3,(H,79,80)(H,81,82)/b13-9-,25-21-,33-31-,42-39-,54-50-. The Morgan fingerprint density at radius 2 is 0.565 bits per heavy atom. The van der Waals surface area contributed by atoms with Crippen molar-refractivity contribution in [3.8, 4) is 0 Å². The van der Waals surface area contributed by atoms with Gasteiger partial charge in [0.2, 0.25) is 0 Å². The molecule has 536 valence electrons. The number of aliphatic hydroxyl groups is 1. The molecule has 0 saturated heterocycles. The first-order chi connectivity index (χ1) is 44.7. The fourth-order valence-corrected chi connectivity index (χ4v) is 11.6. The van der Waals surface area contributed by atoms with Crippen LogP contribution in [0.2, 0.25) is 0 Å². The predicted octanol–water partition coefficient (Wildman–Crippen LogP) is 20.3. The van der Waals surface area contributed by atoms with Crippen molar-refractivity contribution in [2.75, 3.05) is 39.6 Å². The van der Waals surface area contributed by atoms with Crippen molar-refractivity contribution in [1.82, 2.24) is 0 Å². The summed E-state index contributed by atoms with van der Waals surface area (Å²) in [5, 5.41) is 10.6. The van der Waals surface area contributed by atoms with Crippen molar-refractivity contribution in [2.24, 2.45) is 0 Å². The van der Waals surface area contributed by atoms with Gasteiger partial charge in [-0.05, 0) is 51.4 Å². The number of carbonyl (C=O) groups is 4. The van der Waals surface area contributed by atoms with E-state index in [1.54, 1.807) is 6.08 Å². The van der Waals surface area contributed by atoms with Crippen LogP contribution in [0.5, 0.6) is 0 Å². The van der Waals surface area contributed by atoms with Gasteiger partial charge in [-0.25, -0.2) is 9.13 Å². The van der Waals surface area contributed by atoms with Gasteiger partial charge in [0.05, 0.1) is 32.8 Å². The molecule has 0 heterocycles. The molecule has 3 N–H and O–H groups in total. The van der Waals surface area contributed by atoms with E-state index in [1.165, 1.54) is 148 Å². The summed E-state index contributed by atoms with van der Waals surface area (Å²) in [6.45, 7) is 4.67. The first kappa shape index (κ1) is 88.8. The van der Waals surface area contributed by atoms with Crippen LogP contribution in [0.4, 0.5) is 0 Å². The Kier molecular flexibility index (Phi) is 64.0. The Morgan fingerprint density at radius 3 is 0.870 bits per heavy atom. The first-order valence-corrected chi connectivity index (χ1v) is 39.5. The number of phosphoric ester groups is 2. The van der Waals surface area contributed by atoms with Crippen LogP contribution in [0, 0.1) is 0 Å². The number of phosphoric acid groups is 2. The summed E-state index contributed by atoms with van der Waals surface area (Å²) in [5.41, 5.74) is 0. The van der Waals surface area contributed by atoms with Crippen LogP contribution in [0.25, 0.3) is 0 Å². The summed E-state index contributed by atoms with van der Waals surface area (Å²) >= 11 is 0. The smallest absolute Gasteiger partial charge is 0.462 e. The quantitative estimate of drug-likeness (QED) is 0.0169. The number of unbranched alkanes of at least 4 members (excludes halogenated alkanes) is 34. The van der Waals surface area contributed by atoms with Crippen LogP contribution in [-0.2, 0) is 65.4 Å². The molecular formula is C73H132O17P2. The van der Waals surface area contributed by atoms with Gasteiger partial charge in [0, 0.05) is 19.3 Å². The van der Waals surface area contributed by atoms with Crippen molar-refractivity contribution < 1.29 is 80.2 Å². The summed E-state index contributed by atoms with van der Waals surface area (Å²) in [4.78, 5) is 72.5. The third-order valence-corrected chi connectivity index (χ3v) is 17.5. The van der Waals surface area contributed by atoms with Crippen molar-refractivity contribution in [3.63, 3.8) is 0 Å². The van der Waals surface area contributed by atoms with E-state index in [4.69, 9.17) is 37.0 Å². The van der Waals surface area contributed by atoms with E-state index in [1.807, 2.05) is 18.2 Å². The average molecular weight is 1340 g/mol. The maximum atomic E-state index is 13.0. The molecule has 0 aliphatic carbocycles. The third-order valence-electron chi connectivity index (χ3n) is 15.6. The molecule has 0 aliphatic heterocycles. The van der Waals surface area contributed by atoms with Gasteiger partial charge in [-0.1, -0.05) is 307 Å². The van der Waals surface area contributed by atoms with E-state index in [0.29, 0.717) is 25.7 Å². The summed E-state index contributed by atoms with van der Waals surface area (Å²) < 4.78 is 68.2. The molecule has 5 unspecified atom stereocenters. The zero-order chi connectivity index (χ0) is 67.5. The van der Waals surface area contributed by atoms with Crippen LogP contribution in [0.3, 0.4) is 0 Å². The zero-order valence-electron chi connectivity index (χ0n) is 58.2. The second-order valence-electron chi connectivity index (χ2n) is 24.5. The molecule has 0 fully saturated rings. The molecule has 0 amide bonds. The molecule has 5 atom stereocenters. The van der Waals surface area contributed by atoms with E-state index < -0.39 is 97.5 Å². The molecule has 0 rings (SSSR count). The molecule has 17 nitrogen and oxygen atoms in total. The Morgan fingerprint density at radius 1 is 0.315 bits per heavy atom. The zero-order valence-corrected chi connectivity index (χ0v) is 60.0. The molecule has 0 aromatic heterocycles.